The first-order valence-corrected chi connectivity index (χ1v) is 8.19. The Bertz CT molecular complexity index is 664. The van der Waals surface area contributed by atoms with Gasteiger partial charge in [0.25, 0.3) is 0 Å². The fourth-order valence-corrected chi connectivity index (χ4v) is 3.80. The lowest BCUT2D eigenvalue weighted by Gasteiger charge is -2.24. The van der Waals surface area contributed by atoms with Crippen LogP contribution in [0.3, 0.4) is 0 Å². The summed E-state index contributed by atoms with van der Waals surface area (Å²) in [5, 5.41) is 12.0. The van der Waals surface area contributed by atoms with Crippen LogP contribution in [0.5, 0.6) is 0 Å². The zero-order valence-corrected chi connectivity index (χ0v) is 12.3. The maximum atomic E-state index is 12.8. The molecule has 1 unspecified atom stereocenters. The number of benzene rings is 1. The smallest absolute Gasteiger partial charge is 0.250 e. The summed E-state index contributed by atoms with van der Waals surface area (Å²) < 4.78 is 39.3. The van der Waals surface area contributed by atoms with Crippen LogP contribution in [0.4, 0.5) is 4.39 Å². The number of sulfonamides is 1. The molecule has 0 spiro atoms. The van der Waals surface area contributed by atoms with Crippen LogP contribution in [0.25, 0.3) is 0 Å². The summed E-state index contributed by atoms with van der Waals surface area (Å²) in [5.74, 6) is -0.413. The number of thiophene rings is 1. The predicted octanol–water partition coefficient (Wildman–Crippen LogP) is 2.07. The molecular weight excluding hydrogens is 301 g/mol. The molecule has 1 aromatic heterocycles. The van der Waals surface area contributed by atoms with Gasteiger partial charge in [0.15, 0.2) is 0 Å². The second kappa shape index (κ2) is 5.61. The predicted molar refractivity (Wildman–Crippen MR) is 75.5 cm³/mol. The van der Waals surface area contributed by atoms with E-state index in [1.807, 2.05) is 0 Å². The van der Waals surface area contributed by atoms with E-state index < -0.39 is 21.4 Å². The Morgan fingerprint density at radius 3 is 2.50 bits per heavy atom. The Hall–Kier alpha value is -1.28. The summed E-state index contributed by atoms with van der Waals surface area (Å²) in [6.45, 7) is 1.27. The van der Waals surface area contributed by atoms with E-state index in [1.165, 1.54) is 37.3 Å². The van der Waals surface area contributed by atoms with Gasteiger partial charge in [-0.2, -0.15) is 0 Å². The van der Waals surface area contributed by atoms with Gasteiger partial charge in [-0.05, 0) is 36.1 Å². The standard InChI is InChI=1S/C13H14FNO3S2/c1-13(16,10-4-6-11(14)7-5-10)9-15-20(17,18)12-3-2-8-19-12/h2-8,15-16H,9H2,1H3. The molecule has 0 saturated heterocycles. The van der Waals surface area contributed by atoms with Crippen LogP contribution >= 0.6 is 11.3 Å². The number of halogens is 1. The van der Waals surface area contributed by atoms with E-state index >= 15 is 0 Å². The maximum absolute atomic E-state index is 12.8. The van der Waals surface area contributed by atoms with Crippen LogP contribution < -0.4 is 4.72 Å². The highest BCUT2D eigenvalue weighted by Gasteiger charge is 2.26. The minimum absolute atomic E-state index is 0.187. The molecule has 20 heavy (non-hydrogen) atoms. The Kier molecular flexibility index (Phi) is 4.24. The molecule has 1 aromatic carbocycles. The molecule has 7 heteroatoms. The molecule has 0 aliphatic carbocycles. The maximum Gasteiger partial charge on any atom is 0.250 e. The van der Waals surface area contributed by atoms with E-state index in [9.17, 15) is 17.9 Å². The van der Waals surface area contributed by atoms with Crippen molar-refractivity contribution >= 4 is 21.4 Å². The molecule has 108 valence electrons. The number of hydrogen-bond donors (Lipinski definition) is 2. The first-order chi connectivity index (χ1) is 9.31. The van der Waals surface area contributed by atoms with Crippen molar-refractivity contribution in [3.63, 3.8) is 0 Å². The normalized spacial score (nSPS) is 14.9. The molecule has 1 heterocycles. The zero-order chi connectivity index (χ0) is 14.8. The highest BCUT2D eigenvalue weighted by Crippen LogP contribution is 2.22. The van der Waals surface area contributed by atoms with Gasteiger partial charge < -0.3 is 5.11 Å². The van der Waals surface area contributed by atoms with Gasteiger partial charge in [-0.1, -0.05) is 18.2 Å². The van der Waals surface area contributed by atoms with E-state index in [1.54, 1.807) is 11.4 Å². The van der Waals surface area contributed by atoms with Crippen molar-refractivity contribution in [3.05, 3.63) is 53.2 Å². The van der Waals surface area contributed by atoms with Crippen molar-refractivity contribution in [2.45, 2.75) is 16.7 Å². The van der Waals surface area contributed by atoms with Crippen molar-refractivity contribution in [1.82, 2.24) is 4.72 Å². The first kappa shape index (κ1) is 15.1. The van der Waals surface area contributed by atoms with Gasteiger partial charge in [0.1, 0.15) is 15.6 Å². The Labute approximate surface area is 120 Å². The van der Waals surface area contributed by atoms with E-state index in [0.717, 1.165) is 11.3 Å². The molecular formula is C13H14FNO3S2. The molecule has 2 N–H and O–H groups in total. The van der Waals surface area contributed by atoms with Crippen molar-refractivity contribution in [3.8, 4) is 0 Å². The fourth-order valence-electron chi connectivity index (χ4n) is 1.63. The molecule has 0 aliphatic rings. The summed E-state index contributed by atoms with van der Waals surface area (Å²) in [6, 6.07) is 8.41. The van der Waals surface area contributed by atoms with Gasteiger partial charge in [0.2, 0.25) is 10.0 Å². The molecule has 0 aliphatic heterocycles. The molecule has 0 amide bonds. The minimum Gasteiger partial charge on any atom is -0.384 e. The van der Waals surface area contributed by atoms with Crippen molar-refractivity contribution in [1.29, 1.82) is 0 Å². The fraction of sp³-hybridized carbons (Fsp3) is 0.231. The lowest BCUT2D eigenvalue weighted by Crippen LogP contribution is -2.38. The molecule has 0 fully saturated rings. The highest BCUT2D eigenvalue weighted by atomic mass is 32.2. The SMILES string of the molecule is CC(O)(CNS(=O)(=O)c1cccs1)c1ccc(F)cc1. The van der Waals surface area contributed by atoms with Crippen LogP contribution in [-0.4, -0.2) is 20.1 Å². The van der Waals surface area contributed by atoms with Crippen LogP contribution in [0, 0.1) is 5.82 Å². The summed E-state index contributed by atoms with van der Waals surface area (Å²) in [6.07, 6.45) is 0. The quantitative estimate of drug-likeness (QED) is 0.888. The number of nitrogens with one attached hydrogen (secondary N) is 1. The zero-order valence-electron chi connectivity index (χ0n) is 10.7. The molecule has 0 bridgehead atoms. The van der Waals surface area contributed by atoms with Crippen LogP contribution in [0.2, 0.25) is 0 Å². The van der Waals surface area contributed by atoms with Gasteiger partial charge >= 0.3 is 0 Å². The van der Waals surface area contributed by atoms with Gasteiger partial charge in [-0.25, -0.2) is 17.5 Å². The van der Waals surface area contributed by atoms with E-state index in [2.05, 4.69) is 4.72 Å². The molecule has 1 atom stereocenters. The average Bonchev–Trinajstić information content (AvgIpc) is 2.92. The minimum atomic E-state index is -3.63. The van der Waals surface area contributed by atoms with Crippen LogP contribution in [0.15, 0.2) is 46.0 Å². The number of aliphatic hydroxyl groups is 1. The van der Waals surface area contributed by atoms with Crippen molar-refractivity contribution in [2.75, 3.05) is 6.54 Å². The van der Waals surface area contributed by atoms with Crippen LogP contribution in [-0.2, 0) is 15.6 Å². The van der Waals surface area contributed by atoms with Gasteiger partial charge in [-0.15, -0.1) is 11.3 Å². The van der Waals surface area contributed by atoms with Gasteiger partial charge in [-0.3, -0.25) is 0 Å². The molecule has 0 radical (unpaired) electrons. The topological polar surface area (TPSA) is 66.4 Å². The summed E-state index contributed by atoms with van der Waals surface area (Å²) in [7, 11) is -3.63. The Balaban J connectivity index is 2.11. The summed E-state index contributed by atoms with van der Waals surface area (Å²) >= 11 is 1.10. The van der Waals surface area contributed by atoms with Crippen molar-refractivity contribution in [2.24, 2.45) is 0 Å². The first-order valence-electron chi connectivity index (χ1n) is 5.83. The third-order valence-corrected chi connectivity index (χ3v) is 5.63. The largest absolute Gasteiger partial charge is 0.384 e. The monoisotopic (exact) mass is 315 g/mol. The number of rotatable bonds is 5. The van der Waals surface area contributed by atoms with E-state index in [0.29, 0.717) is 5.56 Å². The number of hydrogen-bond acceptors (Lipinski definition) is 4. The van der Waals surface area contributed by atoms with E-state index in [-0.39, 0.29) is 10.8 Å². The lowest BCUT2D eigenvalue weighted by atomic mass is 9.96. The third-order valence-electron chi connectivity index (χ3n) is 2.83. The average molecular weight is 315 g/mol. The highest BCUT2D eigenvalue weighted by molar-refractivity contribution is 7.91. The lowest BCUT2D eigenvalue weighted by molar-refractivity contribution is 0.0627. The second-order valence-electron chi connectivity index (χ2n) is 4.54. The third kappa shape index (κ3) is 3.43. The molecule has 2 rings (SSSR count). The van der Waals surface area contributed by atoms with E-state index in [4.69, 9.17) is 0 Å². The summed E-state index contributed by atoms with van der Waals surface area (Å²) in [5.41, 5.74) is -0.981. The Morgan fingerprint density at radius 2 is 1.95 bits per heavy atom. The molecule has 0 saturated carbocycles. The molecule has 2 aromatic rings. The Morgan fingerprint density at radius 1 is 1.30 bits per heavy atom. The van der Waals surface area contributed by atoms with Gasteiger partial charge in [0, 0.05) is 6.54 Å². The van der Waals surface area contributed by atoms with Crippen molar-refractivity contribution < 1.29 is 17.9 Å². The molecule has 4 nitrogen and oxygen atoms in total. The van der Waals surface area contributed by atoms with Crippen LogP contribution in [0.1, 0.15) is 12.5 Å². The van der Waals surface area contributed by atoms with Gasteiger partial charge in [0.05, 0.1) is 0 Å². The second-order valence-corrected chi connectivity index (χ2v) is 7.48. The summed E-state index contributed by atoms with van der Waals surface area (Å²) in [4.78, 5) is 0.